The molecule has 4 N–H and O–H groups in total. The third-order valence-corrected chi connectivity index (χ3v) is 4.09. The van der Waals surface area contributed by atoms with Crippen LogP contribution in [0.4, 0.5) is 24.8 Å². The first-order chi connectivity index (χ1) is 12.9. The summed E-state index contributed by atoms with van der Waals surface area (Å²) < 4.78 is 43.0. The van der Waals surface area contributed by atoms with Crippen LogP contribution in [-0.2, 0) is 6.42 Å². The number of nitrogen functional groups attached to an aromatic ring is 2. The number of benzene rings is 2. The van der Waals surface area contributed by atoms with Crippen molar-refractivity contribution in [1.29, 1.82) is 0 Å². The molecule has 2 heterocycles. The molecular weight excluding hydrogens is 357 g/mol. The average molecular weight is 370 g/mol. The average Bonchev–Trinajstić information content (AvgIpc) is 3.00. The first-order valence-corrected chi connectivity index (χ1v) is 7.93. The van der Waals surface area contributed by atoms with Crippen molar-refractivity contribution in [2.24, 2.45) is 0 Å². The van der Waals surface area contributed by atoms with Crippen LogP contribution in [0.1, 0.15) is 11.3 Å². The molecule has 0 aliphatic rings. The van der Waals surface area contributed by atoms with Gasteiger partial charge in [0.2, 0.25) is 0 Å². The fraction of sp³-hybridized carbons (Fsp3) is 0.0556. The summed E-state index contributed by atoms with van der Waals surface area (Å²) in [7, 11) is 0. The second kappa shape index (κ2) is 6.27. The number of hydrogen-bond donors (Lipinski definition) is 2. The van der Waals surface area contributed by atoms with Gasteiger partial charge in [0.05, 0.1) is 11.2 Å². The van der Waals surface area contributed by atoms with Crippen molar-refractivity contribution in [3.8, 4) is 5.95 Å². The minimum Gasteiger partial charge on any atom is -0.383 e. The minimum absolute atomic E-state index is 0.120. The highest BCUT2D eigenvalue weighted by Crippen LogP contribution is 2.26. The zero-order valence-corrected chi connectivity index (χ0v) is 13.8. The number of anilines is 2. The lowest BCUT2D eigenvalue weighted by Crippen LogP contribution is -2.08. The highest BCUT2D eigenvalue weighted by Gasteiger charge is 2.19. The Morgan fingerprint density at radius 2 is 1.56 bits per heavy atom. The van der Waals surface area contributed by atoms with Crippen molar-refractivity contribution < 1.29 is 13.2 Å². The van der Waals surface area contributed by atoms with Crippen LogP contribution in [0.3, 0.4) is 0 Å². The van der Waals surface area contributed by atoms with Gasteiger partial charge in [-0.2, -0.15) is 19.7 Å². The van der Waals surface area contributed by atoms with Gasteiger partial charge in [-0.1, -0.05) is 18.2 Å². The van der Waals surface area contributed by atoms with Crippen LogP contribution in [-0.4, -0.2) is 19.7 Å². The zero-order chi connectivity index (χ0) is 19.1. The van der Waals surface area contributed by atoms with Gasteiger partial charge in [-0.25, -0.2) is 13.2 Å². The maximum atomic E-state index is 14.1. The molecule has 0 saturated carbocycles. The van der Waals surface area contributed by atoms with Crippen LogP contribution in [0.5, 0.6) is 0 Å². The van der Waals surface area contributed by atoms with Crippen LogP contribution >= 0.6 is 0 Å². The van der Waals surface area contributed by atoms with E-state index in [-0.39, 0.29) is 24.0 Å². The van der Waals surface area contributed by atoms with E-state index in [2.05, 4.69) is 15.1 Å². The smallest absolute Gasteiger partial charge is 0.255 e. The molecule has 0 fully saturated rings. The second-order valence-electron chi connectivity index (χ2n) is 5.89. The van der Waals surface area contributed by atoms with E-state index in [1.807, 2.05) is 0 Å². The molecule has 0 aliphatic carbocycles. The number of rotatable bonds is 3. The van der Waals surface area contributed by atoms with Crippen molar-refractivity contribution >= 4 is 22.5 Å². The zero-order valence-electron chi connectivity index (χ0n) is 13.8. The largest absolute Gasteiger partial charge is 0.383 e. The topological polar surface area (TPSA) is 95.6 Å². The fourth-order valence-corrected chi connectivity index (χ4v) is 2.88. The molecule has 9 heteroatoms. The number of fused-ring (bicyclic) bond motifs is 1. The van der Waals surface area contributed by atoms with E-state index in [4.69, 9.17) is 11.5 Å². The number of para-hydroxylation sites is 1. The molecule has 4 aromatic rings. The molecule has 0 saturated heterocycles. The Morgan fingerprint density at radius 1 is 0.889 bits per heavy atom. The molecule has 2 aromatic heterocycles. The minimum atomic E-state index is -1.24. The third-order valence-electron chi connectivity index (χ3n) is 4.09. The van der Waals surface area contributed by atoms with Crippen LogP contribution in [0.2, 0.25) is 0 Å². The Bertz CT molecular complexity index is 1150. The normalized spacial score (nSPS) is 11.2. The molecule has 2 aromatic carbocycles. The Labute approximate surface area is 151 Å². The Morgan fingerprint density at radius 3 is 2.30 bits per heavy atom. The van der Waals surface area contributed by atoms with E-state index in [9.17, 15) is 13.2 Å². The molecule has 136 valence electrons. The molecule has 6 nitrogen and oxygen atoms in total. The van der Waals surface area contributed by atoms with Gasteiger partial charge in [0, 0.05) is 23.4 Å². The van der Waals surface area contributed by atoms with Crippen LogP contribution in [0, 0.1) is 17.5 Å². The van der Waals surface area contributed by atoms with Gasteiger partial charge in [0.15, 0.2) is 11.6 Å². The van der Waals surface area contributed by atoms with E-state index in [0.29, 0.717) is 16.6 Å². The predicted octanol–water partition coefficient (Wildman–Crippen LogP) is 2.99. The number of hydrogen-bond acceptors (Lipinski definition) is 5. The van der Waals surface area contributed by atoms with Crippen LogP contribution < -0.4 is 11.5 Å². The molecule has 0 atom stereocenters. The molecule has 0 amide bonds. The SMILES string of the molecule is Nc1cc(N)nc(-n2nc(Cc3c(F)ccc(F)c3F)c3ccccc32)n1. The molecule has 0 aliphatic heterocycles. The van der Waals surface area contributed by atoms with Gasteiger partial charge < -0.3 is 11.5 Å². The summed E-state index contributed by atoms with van der Waals surface area (Å²) >= 11 is 0. The fourth-order valence-electron chi connectivity index (χ4n) is 2.88. The Kier molecular flexibility index (Phi) is 3.91. The van der Waals surface area contributed by atoms with Crippen molar-refractivity contribution in [2.75, 3.05) is 11.5 Å². The first-order valence-electron chi connectivity index (χ1n) is 7.93. The van der Waals surface area contributed by atoms with E-state index in [0.717, 1.165) is 12.1 Å². The van der Waals surface area contributed by atoms with E-state index in [1.54, 1.807) is 24.3 Å². The molecule has 0 bridgehead atoms. The Hall–Kier alpha value is -3.62. The summed E-state index contributed by atoms with van der Waals surface area (Å²) in [6.07, 6.45) is -0.249. The van der Waals surface area contributed by atoms with Crippen molar-refractivity contribution in [2.45, 2.75) is 6.42 Å². The lowest BCUT2D eigenvalue weighted by molar-refractivity contribution is 0.482. The highest BCUT2D eigenvalue weighted by molar-refractivity contribution is 5.83. The lowest BCUT2D eigenvalue weighted by atomic mass is 10.1. The highest BCUT2D eigenvalue weighted by atomic mass is 19.2. The summed E-state index contributed by atoms with van der Waals surface area (Å²) in [5.41, 5.74) is 11.9. The van der Waals surface area contributed by atoms with Gasteiger partial charge in [0.1, 0.15) is 17.5 Å². The van der Waals surface area contributed by atoms with Gasteiger partial charge in [-0.3, -0.25) is 0 Å². The standard InChI is InChI=1S/C18H13F3N6/c19-11-5-6-12(20)17(21)10(11)7-13-9-3-1-2-4-14(9)27(26-13)18-24-15(22)8-16(23)25-18/h1-6,8H,7H2,(H4,22,23,24,25). The second-order valence-corrected chi connectivity index (χ2v) is 5.89. The maximum absolute atomic E-state index is 14.1. The molecule has 27 heavy (non-hydrogen) atoms. The summed E-state index contributed by atoms with van der Waals surface area (Å²) in [6, 6.07) is 10.0. The van der Waals surface area contributed by atoms with Gasteiger partial charge in [-0.05, 0) is 18.2 Å². The Balaban J connectivity index is 1.90. The molecular formula is C18H13F3N6. The third kappa shape index (κ3) is 2.92. The van der Waals surface area contributed by atoms with Gasteiger partial charge >= 0.3 is 0 Å². The van der Waals surface area contributed by atoms with Crippen LogP contribution in [0.25, 0.3) is 16.9 Å². The van der Waals surface area contributed by atoms with Crippen LogP contribution in [0.15, 0.2) is 42.5 Å². The molecule has 0 spiro atoms. The van der Waals surface area contributed by atoms with Gasteiger partial charge in [0.25, 0.3) is 5.95 Å². The van der Waals surface area contributed by atoms with E-state index in [1.165, 1.54) is 10.7 Å². The number of nitrogens with two attached hydrogens (primary N) is 2. The number of aromatic nitrogens is 4. The monoisotopic (exact) mass is 370 g/mol. The molecule has 0 unspecified atom stereocenters. The summed E-state index contributed by atoms with van der Waals surface area (Å²) in [6.45, 7) is 0. The summed E-state index contributed by atoms with van der Waals surface area (Å²) in [5.74, 6) is -2.78. The molecule has 4 rings (SSSR count). The van der Waals surface area contributed by atoms with Crippen molar-refractivity contribution in [1.82, 2.24) is 19.7 Å². The quantitative estimate of drug-likeness (QED) is 0.541. The number of nitrogens with zero attached hydrogens (tertiary/aromatic N) is 4. The van der Waals surface area contributed by atoms with Gasteiger partial charge in [-0.15, -0.1) is 0 Å². The van der Waals surface area contributed by atoms with Crippen molar-refractivity contribution in [3.05, 3.63) is 71.2 Å². The number of halogens is 3. The summed E-state index contributed by atoms with van der Waals surface area (Å²) in [5, 5.41) is 4.99. The molecule has 0 radical (unpaired) electrons. The predicted molar refractivity (Wildman–Crippen MR) is 94.6 cm³/mol. The summed E-state index contributed by atoms with van der Waals surface area (Å²) in [4.78, 5) is 8.21. The van der Waals surface area contributed by atoms with E-state index < -0.39 is 23.0 Å². The first kappa shape index (κ1) is 16.8. The van der Waals surface area contributed by atoms with Crippen molar-refractivity contribution in [3.63, 3.8) is 0 Å². The maximum Gasteiger partial charge on any atom is 0.255 e. The van der Waals surface area contributed by atoms with E-state index >= 15 is 0 Å². The lowest BCUT2D eigenvalue weighted by Gasteiger charge is -2.04.